The van der Waals surface area contributed by atoms with Crippen LogP contribution in [0.15, 0.2) is 42.5 Å². The van der Waals surface area contributed by atoms with Crippen molar-refractivity contribution in [1.82, 2.24) is 10.2 Å². The fourth-order valence-electron chi connectivity index (χ4n) is 3.27. The number of ether oxygens (including phenoxy) is 1. The molecule has 28 heavy (non-hydrogen) atoms. The van der Waals surface area contributed by atoms with Crippen LogP contribution in [-0.2, 0) is 11.2 Å². The van der Waals surface area contributed by atoms with Crippen LogP contribution in [0.3, 0.4) is 0 Å². The quantitative estimate of drug-likeness (QED) is 0.795. The number of halogens is 2. The summed E-state index contributed by atoms with van der Waals surface area (Å²) in [7, 11) is 1.61. The Bertz CT molecular complexity index is 847. The number of rotatable bonds is 5. The Kier molecular flexibility index (Phi) is 6.81. The van der Waals surface area contributed by atoms with Crippen molar-refractivity contribution >= 4 is 35.0 Å². The van der Waals surface area contributed by atoms with Crippen LogP contribution in [0.2, 0.25) is 10.0 Å². The maximum atomic E-state index is 12.7. The molecule has 2 amide bonds. The first-order chi connectivity index (χ1) is 13.5. The number of benzene rings is 2. The second kappa shape index (κ2) is 9.30. The predicted molar refractivity (Wildman–Crippen MR) is 110 cm³/mol. The lowest BCUT2D eigenvalue weighted by Gasteiger charge is -2.32. The normalized spacial score (nSPS) is 14.6. The number of nitrogens with zero attached hydrogens (tertiary/aromatic N) is 1. The Labute approximate surface area is 174 Å². The molecule has 7 heteroatoms. The van der Waals surface area contributed by atoms with Crippen LogP contribution in [0, 0.1) is 0 Å². The Balaban J connectivity index is 1.50. The first kappa shape index (κ1) is 20.5. The third-order valence-electron chi connectivity index (χ3n) is 4.83. The van der Waals surface area contributed by atoms with Crippen molar-refractivity contribution in [3.05, 3.63) is 63.6 Å². The van der Waals surface area contributed by atoms with Gasteiger partial charge in [-0.15, -0.1) is 0 Å². The number of carbonyl (C=O) groups is 2. The van der Waals surface area contributed by atoms with Gasteiger partial charge in [0.05, 0.1) is 24.1 Å². The zero-order valence-corrected chi connectivity index (χ0v) is 17.1. The Morgan fingerprint density at radius 3 is 2.43 bits per heavy atom. The summed E-state index contributed by atoms with van der Waals surface area (Å²) in [6.07, 6.45) is 1.73. The molecule has 0 unspecified atom stereocenters. The van der Waals surface area contributed by atoms with Gasteiger partial charge in [0.2, 0.25) is 5.91 Å². The predicted octanol–water partition coefficient (Wildman–Crippen LogP) is 3.97. The minimum atomic E-state index is -0.129. The van der Waals surface area contributed by atoms with Gasteiger partial charge in [-0.25, -0.2) is 0 Å². The number of nitrogens with one attached hydrogen (secondary N) is 1. The van der Waals surface area contributed by atoms with Crippen molar-refractivity contribution in [3.63, 3.8) is 0 Å². The summed E-state index contributed by atoms with van der Waals surface area (Å²) >= 11 is 12.1. The number of hydrogen-bond donors (Lipinski definition) is 1. The number of likely N-dealkylation sites (tertiary alicyclic amines) is 1. The van der Waals surface area contributed by atoms with Crippen LogP contribution in [-0.4, -0.2) is 43.0 Å². The maximum Gasteiger partial charge on any atom is 0.255 e. The van der Waals surface area contributed by atoms with E-state index in [1.54, 1.807) is 30.2 Å². The molecule has 2 aromatic carbocycles. The number of amides is 2. The van der Waals surface area contributed by atoms with Gasteiger partial charge in [0, 0.05) is 24.2 Å². The molecule has 3 rings (SSSR count). The summed E-state index contributed by atoms with van der Waals surface area (Å²) in [6.45, 7) is 1.13. The Morgan fingerprint density at radius 1 is 1.11 bits per heavy atom. The molecule has 0 radical (unpaired) electrons. The second-order valence-electron chi connectivity index (χ2n) is 6.78. The average molecular weight is 421 g/mol. The smallest absolute Gasteiger partial charge is 0.255 e. The van der Waals surface area contributed by atoms with Crippen molar-refractivity contribution in [2.45, 2.75) is 25.3 Å². The van der Waals surface area contributed by atoms with E-state index in [2.05, 4.69) is 5.32 Å². The molecule has 1 aliphatic rings. The van der Waals surface area contributed by atoms with E-state index in [4.69, 9.17) is 27.9 Å². The van der Waals surface area contributed by atoms with E-state index in [1.807, 2.05) is 24.3 Å². The molecule has 1 N–H and O–H groups in total. The van der Waals surface area contributed by atoms with Crippen LogP contribution in [0.25, 0.3) is 0 Å². The highest BCUT2D eigenvalue weighted by Crippen LogP contribution is 2.23. The van der Waals surface area contributed by atoms with Gasteiger partial charge in [-0.3, -0.25) is 9.59 Å². The lowest BCUT2D eigenvalue weighted by atomic mass is 10.0. The zero-order chi connectivity index (χ0) is 20.1. The first-order valence-corrected chi connectivity index (χ1v) is 9.88. The molecule has 1 fully saturated rings. The number of carbonyl (C=O) groups excluding carboxylic acids is 2. The molecule has 2 aromatic rings. The summed E-state index contributed by atoms with van der Waals surface area (Å²) in [6, 6.07) is 12.4. The van der Waals surface area contributed by atoms with Crippen molar-refractivity contribution in [1.29, 1.82) is 0 Å². The van der Waals surface area contributed by atoms with Gasteiger partial charge in [0.25, 0.3) is 5.91 Å². The molecule has 1 saturated heterocycles. The van der Waals surface area contributed by atoms with Gasteiger partial charge in [-0.2, -0.15) is 0 Å². The summed E-state index contributed by atoms with van der Waals surface area (Å²) in [5, 5.41) is 3.93. The highest BCUT2D eigenvalue weighted by atomic mass is 35.5. The molecule has 0 atom stereocenters. The summed E-state index contributed by atoms with van der Waals surface area (Å²) in [5.41, 5.74) is 1.35. The molecule has 0 bridgehead atoms. The van der Waals surface area contributed by atoms with Crippen molar-refractivity contribution < 1.29 is 14.3 Å². The second-order valence-corrected chi connectivity index (χ2v) is 7.63. The Hall–Kier alpha value is -2.24. The lowest BCUT2D eigenvalue weighted by Crippen LogP contribution is -2.47. The topological polar surface area (TPSA) is 58.6 Å². The molecule has 0 spiro atoms. The largest absolute Gasteiger partial charge is 0.497 e. The van der Waals surface area contributed by atoms with E-state index < -0.39 is 0 Å². The SMILES string of the molecule is COc1ccc(CC(=O)NC2CCN(C(=O)c3cc(Cl)ccc3Cl)CC2)cc1. The van der Waals surface area contributed by atoms with Crippen molar-refractivity contribution in [2.24, 2.45) is 0 Å². The molecule has 148 valence electrons. The van der Waals surface area contributed by atoms with Crippen molar-refractivity contribution in [3.8, 4) is 5.75 Å². The van der Waals surface area contributed by atoms with Gasteiger partial charge in [-0.05, 0) is 48.7 Å². The zero-order valence-electron chi connectivity index (χ0n) is 15.6. The summed E-state index contributed by atoms with van der Waals surface area (Å²) in [4.78, 5) is 26.7. The fourth-order valence-corrected chi connectivity index (χ4v) is 3.64. The van der Waals surface area contributed by atoms with E-state index in [0.29, 0.717) is 48.0 Å². The highest BCUT2D eigenvalue weighted by molar-refractivity contribution is 6.35. The fraction of sp³-hybridized carbons (Fsp3) is 0.333. The molecule has 0 saturated carbocycles. The monoisotopic (exact) mass is 420 g/mol. The van der Waals surface area contributed by atoms with Crippen molar-refractivity contribution in [2.75, 3.05) is 20.2 Å². The molecule has 5 nitrogen and oxygen atoms in total. The highest BCUT2D eigenvalue weighted by Gasteiger charge is 2.25. The van der Waals surface area contributed by atoms with E-state index in [0.717, 1.165) is 11.3 Å². The van der Waals surface area contributed by atoms with Crippen LogP contribution < -0.4 is 10.1 Å². The summed E-state index contributed by atoms with van der Waals surface area (Å²) in [5.74, 6) is 0.615. The molecule has 1 aliphatic heterocycles. The Morgan fingerprint density at radius 2 is 1.79 bits per heavy atom. The molecule has 0 aromatic heterocycles. The maximum absolute atomic E-state index is 12.7. The third kappa shape index (κ3) is 5.18. The van der Waals surface area contributed by atoms with Gasteiger partial charge < -0.3 is 15.0 Å². The number of piperidine rings is 1. The van der Waals surface area contributed by atoms with Crippen LogP contribution in [0.5, 0.6) is 5.75 Å². The lowest BCUT2D eigenvalue weighted by molar-refractivity contribution is -0.121. The molecule has 1 heterocycles. The molecular formula is C21H22Cl2N2O3. The number of methoxy groups -OCH3 is 1. The van der Waals surface area contributed by atoms with Gasteiger partial charge in [0.1, 0.15) is 5.75 Å². The van der Waals surface area contributed by atoms with E-state index in [9.17, 15) is 9.59 Å². The standard InChI is InChI=1S/C21H22Cl2N2O3/c1-28-17-5-2-14(3-6-17)12-20(26)24-16-8-10-25(11-9-16)21(27)18-13-15(22)4-7-19(18)23/h2-7,13,16H,8-12H2,1H3,(H,24,26). The van der Waals surface area contributed by atoms with Crippen LogP contribution in [0.1, 0.15) is 28.8 Å². The third-order valence-corrected chi connectivity index (χ3v) is 5.39. The van der Waals surface area contributed by atoms with Crippen LogP contribution >= 0.6 is 23.2 Å². The summed E-state index contributed by atoms with van der Waals surface area (Å²) < 4.78 is 5.12. The number of hydrogen-bond acceptors (Lipinski definition) is 3. The first-order valence-electron chi connectivity index (χ1n) is 9.13. The molecular weight excluding hydrogens is 399 g/mol. The molecule has 0 aliphatic carbocycles. The van der Waals surface area contributed by atoms with Crippen LogP contribution in [0.4, 0.5) is 0 Å². The average Bonchev–Trinajstić information content (AvgIpc) is 2.70. The van der Waals surface area contributed by atoms with Gasteiger partial charge in [-0.1, -0.05) is 35.3 Å². The van der Waals surface area contributed by atoms with E-state index >= 15 is 0 Å². The van der Waals surface area contributed by atoms with E-state index in [-0.39, 0.29) is 17.9 Å². The van der Waals surface area contributed by atoms with Gasteiger partial charge in [0.15, 0.2) is 0 Å². The minimum Gasteiger partial charge on any atom is -0.497 e. The van der Waals surface area contributed by atoms with E-state index in [1.165, 1.54) is 0 Å². The minimum absolute atomic E-state index is 0.0205. The van der Waals surface area contributed by atoms with Gasteiger partial charge >= 0.3 is 0 Å².